The Labute approximate surface area is 121 Å². The van der Waals surface area contributed by atoms with Gasteiger partial charge in [-0.05, 0) is 49.7 Å². The molecule has 0 amide bonds. The van der Waals surface area contributed by atoms with Gasteiger partial charge in [0.1, 0.15) is 5.82 Å². The maximum atomic E-state index is 8.99. The van der Waals surface area contributed by atoms with Crippen LogP contribution in [0.5, 0.6) is 0 Å². The Hall–Kier alpha value is -2.25. The minimum atomic E-state index is 0.217. The predicted molar refractivity (Wildman–Crippen MR) is 77.5 cm³/mol. The summed E-state index contributed by atoms with van der Waals surface area (Å²) in [7, 11) is 0. The Morgan fingerprint density at radius 2 is 2.15 bits per heavy atom. The zero-order valence-electron chi connectivity index (χ0n) is 11.1. The topological polar surface area (TPSA) is 54.8 Å². The number of fused-ring (bicyclic) bond motifs is 1. The molecule has 0 aliphatic heterocycles. The van der Waals surface area contributed by atoms with Crippen molar-refractivity contribution in [1.82, 2.24) is 9.55 Å². The largest absolute Gasteiger partial charge is 0.452 e. The molecule has 0 aliphatic carbocycles. The summed E-state index contributed by atoms with van der Waals surface area (Å²) in [4.78, 5) is 4.61. The molecule has 3 aromatic rings. The number of hydrogen-bond donors (Lipinski definition) is 0. The van der Waals surface area contributed by atoms with Gasteiger partial charge in [-0.2, -0.15) is 5.26 Å². The molecule has 0 bridgehead atoms. The highest BCUT2D eigenvalue weighted by Crippen LogP contribution is 2.33. The maximum absolute atomic E-state index is 8.99. The predicted octanol–water partition coefficient (Wildman–Crippen LogP) is 4.40. The Morgan fingerprint density at radius 1 is 1.35 bits per heavy atom. The zero-order chi connectivity index (χ0) is 14.3. The van der Waals surface area contributed by atoms with Crippen molar-refractivity contribution in [2.45, 2.75) is 19.9 Å². The number of furan rings is 1. The van der Waals surface area contributed by atoms with Crippen molar-refractivity contribution in [1.29, 1.82) is 5.26 Å². The molecule has 0 fully saturated rings. The Morgan fingerprint density at radius 3 is 2.75 bits per heavy atom. The van der Waals surface area contributed by atoms with Crippen molar-refractivity contribution >= 4 is 22.6 Å². The van der Waals surface area contributed by atoms with E-state index >= 15 is 0 Å². The molecule has 20 heavy (non-hydrogen) atoms. The van der Waals surface area contributed by atoms with Crippen LogP contribution in [0.4, 0.5) is 0 Å². The van der Waals surface area contributed by atoms with Crippen LogP contribution >= 0.6 is 11.6 Å². The monoisotopic (exact) mass is 285 g/mol. The van der Waals surface area contributed by atoms with E-state index in [0.717, 1.165) is 22.4 Å². The minimum absolute atomic E-state index is 0.217. The summed E-state index contributed by atoms with van der Waals surface area (Å²) in [6.07, 6.45) is 1.54. The third kappa shape index (κ3) is 1.87. The molecule has 0 radical (unpaired) electrons. The quantitative estimate of drug-likeness (QED) is 0.701. The summed E-state index contributed by atoms with van der Waals surface area (Å²) < 4.78 is 7.24. The summed E-state index contributed by atoms with van der Waals surface area (Å²) >= 11 is 6.06. The van der Waals surface area contributed by atoms with Gasteiger partial charge in [0.25, 0.3) is 0 Å². The highest BCUT2D eigenvalue weighted by molar-refractivity contribution is 6.31. The van der Waals surface area contributed by atoms with Crippen LogP contribution in [0.3, 0.4) is 0 Å². The molecular weight excluding hydrogens is 274 g/mol. The van der Waals surface area contributed by atoms with Crippen LogP contribution in [-0.2, 0) is 0 Å². The molecule has 2 heterocycles. The van der Waals surface area contributed by atoms with E-state index < -0.39 is 0 Å². The van der Waals surface area contributed by atoms with E-state index in [1.807, 2.05) is 6.07 Å². The lowest BCUT2D eigenvalue weighted by Gasteiger charge is -2.12. The van der Waals surface area contributed by atoms with E-state index in [1.165, 1.54) is 0 Å². The van der Waals surface area contributed by atoms with Gasteiger partial charge in [0, 0.05) is 6.04 Å². The molecule has 4 nitrogen and oxygen atoms in total. The van der Waals surface area contributed by atoms with Gasteiger partial charge in [-0.1, -0.05) is 0 Å². The second-order valence-corrected chi connectivity index (χ2v) is 5.17. The first-order valence-corrected chi connectivity index (χ1v) is 6.65. The van der Waals surface area contributed by atoms with Gasteiger partial charge in [0.15, 0.2) is 0 Å². The number of imidazole rings is 1. The first kappa shape index (κ1) is 12.8. The molecule has 0 saturated heterocycles. The van der Waals surface area contributed by atoms with Gasteiger partial charge in [0.05, 0.1) is 34.5 Å². The standard InChI is InChI=1S/C15H12ClN3O/c1-9(2)19-13-4-3-10(8-17)7-12(13)18-15(19)11-5-6-20-14(11)16/h3-7,9H,1-2H3. The fourth-order valence-corrected chi connectivity index (χ4v) is 2.53. The second kappa shape index (κ2) is 4.69. The van der Waals surface area contributed by atoms with Crippen LogP contribution < -0.4 is 0 Å². The third-order valence-corrected chi connectivity index (χ3v) is 3.49. The fourth-order valence-electron chi connectivity index (χ4n) is 2.33. The summed E-state index contributed by atoms with van der Waals surface area (Å²) in [5, 5.41) is 9.31. The molecule has 1 aromatic carbocycles. The molecule has 0 N–H and O–H groups in total. The smallest absolute Gasteiger partial charge is 0.203 e. The number of rotatable bonds is 2. The van der Waals surface area contributed by atoms with Crippen molar-refractivity contribution in [3.63, 3.8) is 0 Å². The van der Waals surface area contributed by atoms with Crippen molar-refractivity contribution in [2.24, 2.45) is 0 Å². The van der Waals surface area contributed by atoms with Crippen LogP contribution in [0, 0.1) is 11.3 Å². The first-order valence-electron chi connectivity index (χ1n) is 6.27. The van der Waals surface area contributed by atoms with Gasteiger partial charge in [-0.3, -0.25) is 0 Å². The number of halogens is 1. The average molecular weight is 286 g/mol. The third-order valence-electron chi connectivity index (χ3n) is 3.19. The van der Waals surface area contributed by atoms with Crippen molar-refractivity contribution in [3.8, 4) is 17.5 Å². The van der Waals surface area contributed by atoms with E-state index in [9.17, 15) is 0 Å². The normalized spacial score (nSPS) is 11.2. The van der Waals surface area contributed by atoms with E-state index in [1.54, 1.807) is 24.5 Å². The van der Waals surface area contributed by atoms with Crippen molar-refractivity contribution in [2.75, 3.05) is 0 Å². The fraction of sp³-hybridized carbons (Fsp3) is 0.200. The molecule has 2 aromatic heterocycles. The summed E-state index contributed by atoms with van der Waals surface area (Å²) in [5.74, 6) is 0.754. The number of hydrogen-bond acceptors (Lipinski definition) is 3. The van der Waals surface area contributed by atoms with Crippen molar-refractivity contribution < 1.29 is 4.42 Å². The van der Waals surface area contributed by atoms with E-state index in [-0.39, 0.29) is 6.04 Å². The highest BCUT2D eigenvalue weighted by atomic mass is 35.5. The summed E-state index contributed by atoms with van der Waals surface area (Å²) in [6.45, 7) is 4.16. The van der Waals surface area contributed by atoms with E-state index in [4.69, 9.17) is 21.3 Å². The van der Waals surface area contributed by atoms with Gasteiger partial charge in [-0.15, -0.1) is 0 Å². The zero-order valence-corrected chi connectivity index (χ0v) is 11.8. The van der Waals surface area contributed by atoms with Crippen LogP contribution in [0.2, 0.25) is 5.22 Å². The van der Waals surface area contributed by atoms with Crippen LogP contribution in [0.1, 0.15) is 25.5 Å². The van der Waals surface area contributed by atoms with Gasteiger partial charge < -0.3 is 8.98 Å². The maximum Gasteiger partial charge on any atom is 0.203 e. The molecular formula is C15H12ClN3O. The lowest BCUT2D eigenvalue weighted by Crippen LogP contribution is -2.02. The second-order valence-electron chi connectivity index (χ2n) is 4.82. The molecule has 3 rings (SSSR count). The van der Waals surface area contributed by atoms with Gasteiger partial charge in [0.2, 0.25) is 5.22 Å². The molecule has 0 atom stereocenters. The molecule has 0 unspecified atom stereocenters. The first-order chi connectivity index (χ1) is 9.61. The summed E-state index contributed by atoms with van der Waals surface area (Å²) in [6, 6.07) is 9.64. The Bertz CT molecular complexity index is 823. The number of benzene rings is 1. The lowest BCUT2D eigenvalue weighted by molar-refractivity contribution is 0.568. The minimum Gasteiger partial charge on any atom is -0.452 e. The molecule has 0 spiro atoms. The van der Waals surface area contributed by atoms with Crippen molar-refractivity contribution in [3.05, 3.63) is 41.3 Å². The number of nitrogens with zero attached hydrogens (tertiary/aromatic N) is 3. The summed E-state index contributed by atoms with van der Waals surface area (Å²) in [5.41, 5.74) is 3.11. The average Bonchev–Trinajstić information content (AvgIpc) is 3.00. The SMILES string of the molecule is CC(C)n1c(-c2ccoc2Cl)nc2cc(C#N)ccc21. The van der Waals surface area contributed by atoms with Gasteiger partial charge >= 0.3 is 0 Å². The van der Waals surface area contributed by atoms with Crippen LogP contribution in [0.15, 0.2) is 34.9 Å². The number of nitriles is 1. The van der Waals surface area contributed by atoms with Gasteiger partial charge in [-0.25, -0.2) is 4.98 Å². The Balaban J connectivity index is 2.34. The van der Waals surface area contributed by atoms with E-state index in [2.05, 4.69) is 29.5 Å². The Kier molecular flexibility index (Phi) is 3.00. The van der Waals surface area contributed by atoms with Crippen LogP contribution in [-0.4, -0.2) is 9.55 Å². The molecule has 0 saturated carbocycles. The van der Waals surface area contributed by atoms with Crippen LogP contribution in [0.25, 0.3) is 22.4 Å². The highest BCUT2D eigenvalue weighted by Gasteiger charge is 2.18. The lowest BCUT2D eigenvalue weighted by atomic mass is 10.2. The van der Waals surface area contributed by atoms with E-state index in [0.29, 0.717) is 10.8 Å². The molecule has 0 aliphatic rings. The number of aromatic nitrogens is 2. The molecule has 5 heteroatoms. The molecule has 100 valence electrons.